The van der Waals surface area contributed by atoms with Crippen LogP contribution in [0.15, 0.2) is 29.6 Å². The number of carbonyl (C=O) groups excluding carboxylic acids is 1. The third-order valence-corrected chi connectivity index (χ3v) is 5.94. The summed E-state index contributed by atoms with van der Waals surface area (Å²) in [5.74, 6) is 0.631. The molecule has 0 saturated carbocycles. The van der Waals surface area contributed by atoms with Crippen LogP contribution in [-0.4, -0.2) is 55.7 Å². The molecular formula is C19H25N3O4S2. The number of amides is 1. The van der Waals surface area contributed by atoms with Crippen molar-refractivity contribution >= 4 is 27.3 Å². The number of benzene rings is 1. The standard InChI is InChI=1S/C19H25N3O4S2/c1-13(2)26-16-8-6-14(7-9-16)18-20-17(12-27-18)19(23)22-10-4-5-15(11-22)21-28(3,24)25/h6-9,12-13,15,21H,4-5,10-11H2,1-3H3. The lowest BCUT2D eigenvalue weighted by Crippen LogP contribution is -2.49. The molecule has 9 heteroatoms. The number of hydrogen-bond acceptors (Lipinski definition) is 6. The Labute approximate surface area is 169 Å². The number of sulfonamides is 1. The maximum absolute atomic E-state index is 12.8. The number of likely N-dealkylation sites (tertiary alicyclic amines) is 1. The van der Waals surface area contributed by atoms with Crippen LogP contribution in [0, 0.1) is 0 Å². The minimum absolute atomic E-state index is 0.112. The summed E-state index contributed by atoms with van der Waals surface area (Å²) in [6.45, 7) is 4.92. The summed E-state index contributed by atoms with van der Waals surface area (Å²) < 4.78 is 31.1. The van der Waals surface area contributed by atoms with Gasteiger partial charge in [-0.25, -0.2) is 18.1 Å². The van der Waals surface area contributed by atoms with Crippen LogP contribution >= 0.6 is 11.3 Å². The molecule has 1 aromatic carbocycles. The maximum Gasteiger partial charge on any atom is 0.273 e. The Hall–Kier alpha value is -1.97. The number of hydrogen-bond donors (Lipinski definition) is 1. The molecule has 1 amide bonds. The van der Waals surface area contributed by atoms with E-state index in [1.165, 1.54) is 11.3 Å². The van der Waals surface area contributed by atoms with E-state index >= 15 is 0 Å². The molecule has 1 unspecified atom stereocenters. The normalized spacial score (nSPS) is 17.7. The van der Waals surface area contributed by atoms with E-state index in [2.05, 4.69) is 9.71 Å². The summed E-state index contributed by atoms with van der Waals surface area (Å²) in [6.07, 6.45) is 2.73. The Morgan fingerprint density at radius 1 is 1.32 bits per heavy atom. The van der Waals surface area contributed by atoms with Crippen molar-refractivity contribution in [2.24, 2.45) is 0 Å². The molecule has 1 fully saturated rings. The van der Waals surface area contributed by atoms with Gasteiger partial charge in [0.25, 0.3) is 5.91 Å². The summed E-state index contributed by atoms with van der Waals surface area (Å²) in [4.78, 5) is 19.0. The summed E-state index contributed by atoms with van der Waals surface area (Å²) >= 11 is 1.41. The van der Waals surface area contributed by atoms with Gasteiger partial charge in [-0.2, -0.15) is 0 Å². The molecule has 0 aliphatic carbocycles. The van der Waals surface area contributed by atoms with Crippen molar-refractivity contribution < 1.29 is 17.9 Å². The van der Waals surface area contributed by atoms with Gasteiger partial charge in [0.2, 0.25) is 10.0 Å². The molecule has 0 bridgehead atoms. The molecule has 1 aliphatic rings. The van der Waals surface area contributed by atoms with Gasteiger partial charge in [0.15, 0.2) is 0 Å². The third kappa shape index (κ3) is 5.52. The SMILES string of the molecule is CC(C)Oc1ccc(-c2nc(C(=O)N3CCCC(NS(C)(=O)=O)C3)cs2)cc1. The van der Waals surface area contributed by atoms with Crippen LogP contribution in [0.1, 0.15) is 37.2 Å². The summed E-state index contributed by atoms with van der Waals surface area (Å²) in [5.41, 5.74) is 1.32. The van der Waals surface area contributed by atoms with Gasteiger partial charge in [-0.15, -0.1) is 11.3 Å². The number of carbonyl (C=O) groups is 1. The highest BCUT2D eigenvalue weighted by molar-refractivity contribution is 7.88. The molecule has 1 N–H and O–H groups in total. The second kappa shape index (κ2) is 8.59. The summed E-state index contributed by atoms with van der Waals surface area (Å²) in [6, 6.07) is 7.39. The first-order valence-electron chi connectivity index (χ1n) is 9.20. The van der Waals surface area contributed by atoms with Crippen LogP contribution in [0.2, 0.25) is 0 Å². The number of rotatable bonds is 6. The van der Waals surface area contributed by atoms with E-state index in [4.69, 9.17) is 4.74 Å². The lowest BCUT2D eigenvalue weighted by molar-refractivity contribution is 0.0698. The monoisotopic (exact) mass is 423 g/mol. The van der Waals surface area contributed by atoms with Gasteiger partial charge in [-0.3, -0.25) is 4.79 Å². The number of aromatic nitrogens is 1. The van der Waals surface area contributed by atoms with Crippen molar-refractivity contribution in [3.05, 3.63) is 35.3 Å². The van der Waals surface area contributed by atoms with Crippen molar-refractivity contribution in [3.8, 4) is 16.3 Å². The van der Waals surface area contributed by atoms with E-state index in [9.17, 15) is 13.2 Å². The lowest BCUT2D eigenvalue weighted by Gasteiger charge is -2.32. The molecule has 2 aromatic rings. The average molecular weight is 424 g/mol. The van der Waals surface area contributed by atoms with Crippen molar-refractivity contribution in [3.63, 3.8) is 0 Å². The van der Waals surface area contributed by atoms with Gasteiger partial charge in [0, 0.05) is 30.1 Å². The van der Waals surface area contributed by atoms with Gasteiger partial charge < -0.3 is 9.64 Å². The van der Waals surface area contributed by atoms with Crippen LogP contribution in [-0.2, 0) is 10.0 Å². The van der Waals surface area contributed by atoms with Crippen LogP contribution in [0.4, 0.5) is 0 Å². The first-order chi connectivity index (χ1) is 13.2. The first-order valence-corrected chi connectivity index (χ1v) is 12.0. The Morgan fingerprint density at radius 2 is 2.04 bits per heavy atom. The molecule has 28 heavy (non-hydrogen) atoms. The van der Waals surface area contributed by atoms with E-state index < -0.39 is 10.0 Å². The molecule has 7 nitrogen and oxygen atoms in total. The van der Waals surface area contributed by atoms with Gasteiger partial charge in [0.1, 0.15) is 16.5 Å². The van der Waals surface area contributed by atoms with E-state index in [-0.39, 0.29) is 18.1 Å². The van der Waals surface area contributed by atoms with Crippen molar-refractivity contribution in [1.29, 1.82) is 0 Å². The highest BCUT2D eigenvalue weighted by Crippen LogP contribution is 2.27. The zero-order chi connectivity index (χ0) is 20.3. The van der Waals surface area contributed by atoms with Crippen molar-refractivity contribution in [2.45, 2.75) is 38.8 Å². The summed E-state index contributed by atoms with van der Waals surface area (Å²) in [5, 5.41) is 2.52. The molecule has 2 heterocycles. The molecule has 1 aromatic heterocycles. The largest absolute Gasteiger partial charge is 0.491 e. The second-order valence-corrected chi connectivity index (χ2v) is 9.85. The lowest BCUT2D eigenvalue weighted by atomic mass is 10.1. The Morgan fingerprint density at radius 3 is 2.68 bits per heavy atom. The zero-order valence-corrected chi connectivity index (χ0v) is 17.8. The number of piperidine rings is 1. The van der Waals surface area contributed by atoms with E-state index in [1.54, 1.807) is 10.3 Å². The molecule has 1 atom stereocenters. The smallest absolute Gasteiger partial charge is 0.273 e. The molecule has 0 spiro atoms. The van der Waals surface area contributed by atoms with Crippen LogP contribution in [0.3, 0.4) is 0 Å². The second-order valence-electron chi connectivity index (χ2n) is 7.21. The van der Waals surface area contributed by atoms with Crippen LogP contribution in [0.25, 0.3) is 10.6 Å². The van der Waals surface area contributed by atoms with E-state index in [0.29, 0.717) is 18.8 Å². The van der Waals surface area contributed by atoms with Crippen LogP contribution < -0.4 is 9.46 Å². The van der Waals surface area contributed by atoms with Crippen molar-refractivity contribution in [2.75, 3.05) is 19.3 Å². The minimum Gasteiger partial charge on any atom is -0.491 e. The Bertz CT molecular complexity index is 923. The van der Waals surface area contributed by atoms with Gasteiger partial charge in [-0.1, -0.05) is 0 Å². The fourth-order valence-electron chi connectivity index (χ4n) is 3.18. The number of ether oxygens (including phenoxy) is 1. The number of thiazole rings is 1. The minimum atomic E-state index is -3.29. The topological polar surface area (TPSA) is 88.6 Å². The fraction of sp³-hybridized carbons (Fsp3) is 0.474. The Kier molecular flexibility index (Phi) is 6.36. The molecular weight excluding hydrogens is 398 g/mol. The molecule has 1 saturated heterocycles. The Balaban J connectivity index is 1.68. The van der Waals surface area contributed by atoms with E-state index in [0.717, 1.165) is 35.4 Å². The summed E-state index contributed by atoms with van der Waals surface area (Å²) in [7, 11) is -3.29. The predicted octanol–water partition coefficient (Wildman–Crippen LogP) is 2.75. The van der Waals surface area contributed by atoms with Crippen LogP contribution in [0.5, 0.6) is 5.75 Å². The number of nitrogens with one attached hydrogen (secondary N) is 1. The highest BCUT2D eigenvalue weighted by atomic mass is 32.2. The van der Waals surface area contributed by atoms with Gasteiger partial charge in [-0.05, 0) is 51.0 Å². The molecule has 152 valence electrons. The average Bonchev–Trinajstić information content (AvgIpc) is 3.10. The molecule has 1 aliphatic heterocycles. The highest BCUT2D eigenvalue weighted by Gasteiger charge is 2.27. The zero-order valence-electron chi connectivity index (χ0n) is 16.2. The third-order valence-electron chi connectivity index (χ3n) is 4.29. The van der Waals surface area contributed by atoms with Crippen molar-refractivity contribution in [1.82, 2.24) is 14.6 Å². The quantitative estimate of drug-likeness (QED) is 0.772. The van der Waals surface area contributed by atoms with Gasteiger partial charge in [0.05, 0.1) is 12.4 Å². The van der Waals surface area contributed by atoms with Gasteiger partial charge >= 0.3 is 0 Å². The first kappa shape index (κ1) is 20.8. The molecule has 0 radical (unpaired) electrons. The predicted molar refractivity (Wildman–Crippen MR) is 110 cm³/mol. The maximum atomic E-state index is 12.8. The van der Waals surface area contributed by atoms with E-state index in [1.807, 2.05) is 38.1 Å². The number of nitrogens with zero attached hydrogens (tertiary/aromatic N) is 2. The molecule has 3 rings (SSSR count). The fourth-order valence-corrected chi connectivity index (χ4v) is 4.77.